The van der Waals surface area contributed by atoms with E-state index < -0.39 is 10.8 Å². The van der Waals surface area contributed by atoms with E-state index in [1.165, 1.54) is 89.0 Å². The second-order valence-electron chi connectivity index (χ2n) is 39.8. The highest BCUT2D eigenvalue weighted by atomic mass is 15.2. The van der Waals surface area contributed by atoms with Crippen LogP contribution in [-0.2, 0) is 54.1 Å². The maximum Gasteiger partial charge on any atom is 0.0465 e. The molecule has 6 heterocycles. The van der Waals surface area contributed by atoms with E-state index in [0.29, 0.717) is 0 Å². The fourth-order valence-corrected chi connectivity index (χ4v) is 19.7. The Hall–Kier alpha value is -10.2. The molecule has 558 valence electrons. The summed E-state index contributed by atoms with van der Waals surface area (Å²) in [5, 5.41) is 0. The van der Waals surface area contributed by atoms with Gasteiger partial charge >= 0.3 is 0 Å². The Morgan fingerprint density at radius 3 is 0.491 bits per heavy atom. The topological polar surface area (TPSA) is 13.0 Å². The van der Waals surface area contributed by atoms with Gasteiger partial charge in [-0.05, 0) is 291 Å². The third-order valence-corrected chi connectivity index (χ3v) is 26.1. The predicted octanol–water partition coefficient (Wildman–Crippen LogP) is 29.9. The molecule has 0 saturated carbocycles. The molecule has 6 aliphatic heterocycles. The summed E-state index contributed by atoms with van der Waals surface area (Å²) in [5.74, 6) is 0. The highest BCUT2D eigenvalue weighted by molar-refractivity contribution is 5.95. The molecule has 0 atom stereocenters. The van der Waals surface area contributed by atoms with E-state index in [9.17, 15) is 0 Å². The Balaban J connectivity index is 1.04. The molecular formula is C106H114N4. The highest BCUT2D eigenvalue weighted by Crippen LogP contribution is 2.67. The summed E-state index contributed by atoms with van der Waals surface area (Å²) in [7, 11) is 0. The molecule has 16 bridgehead atoms. The molecule has 20 rings (SSSR count). The van der Waals surface area contributed by atoms with Gasteiger partial charge in [0.1, 0.15) is 0 Å². The molecule has 0 fully saturated rings. The fourth-order valence-electron chi connectivity index (χ4n) is 19.7. The van der Waals surface area contributed by atoms with Gasteiger partial charge in [-0.1, -0.05) is 274 Å². The zero-order valence-corrected chi connectivity index (χ0v) is 69.6. The van der Waals surface area contributed by atoms with Crippen LogP contribution in [-0.4, -0.2) is 0 Å². The second-order valence-corrected chi connectivity index (χ2v) is 39.8. The summed E-state index contributed by atoms with van der Waals surface area (Å²) >= 11 is 0. The van der Waals surface area contributed by atoms with E-state index in [-0.39, 0.29) is 43.3 Å². The van der Waals surface area contributed by atoms with Crippen molar-refractivity contribution in [1.82, 2.24) is 0 Å². The predicted molar refractivity (Wildman–Crippen MR) is 472 cm³/mol. The monoisotopic (exact) mass is 1440 g/mol. The molecule has 12 aromatic carbocycles. The molecule has 12 aromatic rings. The first kappa shape index (κ1) is 74.0. The zero-order valence-electron chi connectivity index (χ0n) is 69.6. The lowest BCUT2D eigenvalue weighted by molar-refractivity contribution is 0.348. The van der Waals surface area contributed by atoms with E-state index in [1.54, 1.807) is 0 Å². The summed E-state index contributed by atoms with van der Waals surface area (Å²) in [6.45, 7) is 52.5. The first-order valence-corrected chi connectivity index (χ1v) is 40.4. The molecule has 0 amide bonds. The first-order valence-electron chi connectivity index (χ1n) is 40.4. The van der Waals surface area contributed by atoms with Crippen LogP contribution >= 0.6 is 0 Å². The van der Waals surface area contributed by atoms with Crippen molar-refractivity contribution in [2.75, 3.05) is 19.6 Å². The molecule has 0 aromatic heterocycles. The minimum absolute atomic E-state index is 0.0299. The van der Waals surface area contributed by atoms with Gasteiger partial charge in [0, 0.05) is 79.1 Å². The number of rotatable bonds is 4. The van der Waals surface area contributed by atoms with Crippen LogP contribution in [0.3, 0.4) is 0 Å². The van der Waals surface area contributed by atoms with E-state index >= 15 is 0 Å². The third kappa shape index (κ3) is 12.5. The lowest BCUT2D eigenvalue weighted by Gasteiger charge is -2.46. The molecule has 2 aliphatic carbocycles. The van der Waals surface area contributed by atoms with Crippen molar-refractivity contribution < 1.29 is 0 Å². The van der Waals surface area contributed by atoms with Crippen molar-refractivity contribution in [2.45, 2.75) is 219 Å². The van der Waals surface area contributed by atoms with Gasteiger partial charge in [-0.25, -0.2) is 0 Å². The van der Waals surface area contributed by atoms with Crippen molar-refractivity contribution >= 4 is 68.2 Å². The Morgan fingerprint density at radius 1 is 0.191 bits per heavy atom. The fraction of sp³-hybridized carbons (Fsp3) is 0.321. The molecule has 0 saturated heterocycles. The third-order valence-electron chi connectivity index (χ3n) is 26.1. The molecule has 8 aliphatic rings. The quantitative estimate of drug-likeness (QED) is 0.174. The minimum atomic E-state index is -0.789. The van der Waals surface area contributed by atoms with E-state index in [1.807, 2.05) is 0 Å². The Kier molecular flexibility index (Phi) is 17.3. The summed E-state index contributed by atoms with van der Waals surface area (Å²) in [6.07, 6.45) is 1.90. The Bertz CT molecular complexity index is 4800. The van der Waals surface area contributed by atoms with Gasteiger partial charge in [-0.15, -0.1) is 0 Å². The summed E-state index contributed by atoms with van der Waals surface area (Å²) in [6, 6.07) is 106. The average molecular weight is 1440 g/mol. The summed E-state index contributed by atoms with van der Waals surface area (Å²) in [4.78, 5) is 10.1. The largest absolute Gasteiger partial charge is 0.310 e. The highest BCUT2D eigenvalue weighted by Gasteiger charge is 2.58. The smallest absolute Gasteiger partial charge is 0.0465 e. The van der Waals surface area contributed by atoms with Crippen LogP contribution in [0.5, 0.6) is 0 Å². The van der Waals surface area contributed by atoms with Crippen LogP contribution < -0.4 is 19.6 Å². The second kappa shape index (κ2) is 25.7. The van der Waals surface area contributed by atoms with Crippen LogP contribution in [0, 0.1) is 0 Å². The van der Waals surface area contributed by atoms with Gasteiger partial charge < -0.3 is 19.6 Å². The van der Waals surface area contributed by atoms with Crippen LogP contribution in [0.15, 0.2) is 267 Å². The molecule has 0 N–H and O–H groups in total. The van der Waals surface area contributed by atoms with Gasteiger partial charge in [0.15, 0.2) is 0 Å². The first-order chi connectivity index (χ1) is 51.7. The van der Waals surface area contributed by atoms with E-state index in [4.69, 9.17) is 0 Å². The molecule has 110 heavy (non-hydrogen) atoms. The molecule has 4 nitrogen and oxygen atoms in total. The number of nitrogens with zero attached hydrogens (tertiary/aromatic N) is 4. The van der Waals surface area contributed by atoms with Crippen molar-refractivity contribution in [3.8, 4) is 22.3 Å². The Morgan fingerprint density at radius 2 is 0.336 bits per heavy atom. The Labute approximate surface area is 658 Å². The number of hydrogen-bond acceptors (Lipinski definition) is 4. The number of hydrogen-bond donors (Lipinski definition) is 0. The number of anilines is 12. The van der Waals surface area contributed by atoms with Crippen LogP contribution in [0.4, 0.5) is 68.2 Å². The molecule has 0 unspecified atom stereocenters. The van der Waals surface area contributed by atoms with Crippen molar-refractivity contribution in [2.24, 2.45) is 0 Å². The lowest BCUT2D eigenvalue weighted by Crippen LogP contribution is -2.44. The average Bonchev–Trinajstić information content (AvgIpc) is 1.50. The lowest BCUT2D eigenvalue weighted by atomic mass is 9.56. The molecular weight excluding hydrogens is 1330 g/mol. The van der Waals surface area contributed by atoms with Gasteiger partial charge in [-0.3, -0.25) is 0 Å². The normalized spacial score (nSPS) is 17.1. The maximum atomic E-state index is 2.63. The van der Waals surface area contributed by atoms with Gasteiger partial charge in [0.25, 0.3) is 0 Å². The summed E-state index contributed by atoms with van der Waals surface area (Å²) < 4.78 is 0. The molecule has 0 radical (unpaired) electrons. The van der Waals surface area contributed by atoms with Crippen molar-refractivity contribution in [3.05, 3.63) is 334 Å². The van der Waals surface area contributed by atoms with Gasteiger partial charge in [0.05, 0.1) is 0 Å². The van der Waals surface area contributed by atoms with Crippen LogP contribution in [0.25, 0.3) is 22.3 Å². The number of fused-ring (bicyclic) bond motifs is 6. The molecule has 4 heteroatoms. The van der Waals surface area contributed by atoms with Crippen molar-refractivity contribution in [1.29, 1.82) is 0 Å². The minimum Gasteiger partial charge on any atom is -0.310 e. The van der Waals surface area contributed by atoms with E-state index in [2.05, 4.69) is 439 Å². The molecule has 0 spiro atoms. The van der Waals surface area contributed by atoms with Gasteiger partial charge in [0.2, 0.25) is 0 Å². The van der Waals surface area contributed by atoms with Gasteiger partial charge in [-0.2, -0.15) is 0 Å². The van der Waals surface area contributed by atoms with Crippen LogP contribution in [0.2, 0.25) is 0 Å². The SMILES string of the molecule is CC(C)(C)c1ccc(N2c3ccc(cc3)C(C)(C)CC(C)(C)c3ccc(cc3)N(c3ccc(C(C)(C)C)cc3)c3ccc4c(c3)C3(C)c5cc(ccc5-4)N(c4ccc(C(C)(C)C)cc4)c4ccc(cc4)C(C)(C)CC(C)(C)c4ccc(cc4)N(c4ccc(C(C)(C)C)cc4)c4ccc5c(c4)C3(C)c3cc2ccc3-5)cc1. The number of benzene rings is 12. The standard InChI is InChI=1S/C106H114N4/c1-97(2,3)69-23-39-77(40-24-69)107-81-47-31-73(32-48-81)101(13,14)67-102(15,16)74-33-49-83(50-34-74)109(79-43-27-71(28-44-79)99(7,8)9)87-57-61-91-92-62-58-88-66-96(92)106(22,95(91)65-87)105(21)93-63-85(107)55-59-89(93)90-60-56-86(64-94(90)105)108(78-41-25-70(26-42-78)98(4,5)6)82-51-35-75(36-52-82)103(17,18)68-104(19,20)76-37-53-84(54-38-76)110(88)80-45-29-72(30-46-80)100(10,11)12/h23-66H,67-68H2,1-22H3. The van der Waals surface area contributed by atoms with Crippen molar-refractivity contribution in [3.63, 3.8) is 0 Å². The maximum absolute atomic E-state index is 2.63. The zero-order chi connectivity index (χ0) is 78.0. The van der Waals surface area contributed by atoms with E-state index in [0.717, 1.165) is 81.1 Å². The summed E-state index contributed by atoms with van der Waals surface area (Å²) in [5.41, 5.74) is 31.6. The van der Waals surface area contributed by atoms with Crippen LogP contribution in [0.1, 0.15) is 232 Å².